The van der Waals surface area contributed by atoms with Gasteiger partial charge in [-0.2, -0.15) is 0 Å². The predicted molar refractivity (Wildman–Crippen MR) is 76.8 cm³/mol. The molecule has 0 aromatic heterocycles. The van der Waals surface area contributed by atoms with Gasteiger partial charge in [-0.05, 0) is 25.2 Å². The van der Waals surface area contributed by atoms with Gasteiger partial charge in [0.05, 0.1) is 11.7 Å². The SMILES string of the molecule is CCCCC(CC)CC1(O)CCOC(CCC)C1. The molecule has 0 aliphatic carbocycles. The average Bonchev–Trinajstić information content (AvgIpc) is 2.35. The zero-order valence-electron chi connectivity index (χ0n) is 12.6. The number of hydrogen-bond donors (Lipinski definition) is 1. The Bertz CT molecular complexity index is 215. The van der Waals surface area contributed by atoms with E-state index in [-0.39, 0.29) is 6.10 Å². The third-order valence-electron chi connectivity index (χ3n) is 4.35. The van der Waals surface area contributed by atoms with Crippen LogP contribution in [0.25, 0.3) is 0 Å². The molecule has 0 radical (unpaired) electrons. The van der Waals surface area contributed by atoms with E-state index in [1.54, 1.807) is 0 Å². The van der Waals surface area contributed by atoms with Gasteiger partial charge in [-0.3, -0.25) is 0 Å². The van der Waals surface area contributed by atoms with E-state index in [1.165, 1.54) is 25.7 Å². The van der Waals surface area contributed by atoms with Gasteiger partial charge in [-0.25, -0.2) is 0 Å². The van der Waals surface area contributed by atoms with Crippen molar-refractivity contribution in [1.82, 2.24) is 0 Å². The summed E-state index contributed by atoms with van der Waals surface area (Å²) in [6.45, 7) is 7.43. The van der Waals surface area contributed by atoms with E-state index >= 15 is 0 Å². The lowest BCUT2D eigenvalue weighted by Gasteiger charge is -2.39. The minimum atomic E-state index is -0.452. The Labute approximate surface area is 113 Å². The molecule has 0 aromatic carbocycles. The maximum Gasteiger partial charge on any atom is 0.0697 e. The Morgan fingerprint density at radius 2 is 2.06 bits per heavy atom. The molecule has 1 rings (SSSR count). The molecule has 1 aliphatic rings. The molecule has 3 unspecified atom stereocenters. The monoisotopic (exact) mass is 256 g/mol. The summed E-state index contributed by atoms with van der Waals surface area (Å²) in [6.07, 6.45) is 10.2. The minimum Gasteiger partial charge on any atom is -0.390 e. The molecule has 1 aliphatic heterocycles. The molecule has 1 fully saturated rings. The second-order valence-electron chi connectivity index (χ2n) is 6.08. The largest absolute Gasteiger partial charge is 0.390 e. The van der Waals surface area contributed by atoms with E-state index in [4.69, 9.17) is 4.74 Å². The van der Waals surface area contributed by atoms with E-state index in [0.29, 0.717) is 5.92 Å². The van der Waals surface area contributed by atoms with Crippen molar-refractivity contribution in [2.75, 3.05) is 6.61 Å². The zero-order valence-corrected chi connectivity index (χ0v) is 12.6. The van der Waals surface area contributed by atoms with Crippen molar-refractivity contribution in [2.45, 2.75) is 90.3 Å². The van der Waals surface area contributed by atoms with Crippen LogP contribution in [0.3, 0.4) is 0 Å². The van der Waals surface area contributed by atoms with Gasteiger partial charge < -0.3 is 9.84 Å². The standard InChI is InChI=1S/C16H32O2/c1-4-7-9-14(6-3)12-16(17)10-11-18-15(13-16)8-5-2/h14-15,17H,4-13H2,1-3H3. The summed E-state index contributed by atoms with van der Waals surface area (Å²) in [5.74, 6) is 0.690. The van der Waals surface area contributed by atoms with Gasteiger partial charge in [-0.15, -0.1) is 0 Å². The lowest BCUT2D eigenvalue weighted by atomic mass is 9.79. The fourth-order valence-electron chi connectivity index (χ4n) is 3.17. The molecule has 0 bridgehead atoms. The van der Waals surface area contributed by atoms with Crippen LogP contribution in [0, 0.1) is 5.92 Å². The second-order valence-corrected chi connectivity index (χ2v) is 6.08. The quantitative estimate of drug-likeness (QED) is 0.701. The maximum absolute atomic E-state index is 10.8. The summed E-state index contributed by atoms with van der Waals surface area (Å²) in [5, 5.41) is 10.8. The third kappa shape index (κ3) is 5.27. The number of rotatable bonds is 8. The smallest absolute Gasteiger partial charge is 0.0697 e. The molecule has 2 nitrogen and oxygen atoms in total. The second kappa shape index (κ2) is 8.16. The zero-order chi connectivity index (χ0) is 13.4. The van der Waals surface area contributed by atoms with E-state index in [2.05, 4.69) is 20.8 Å². The van der Waals surface area contributed by atoms with Crippen molar-refractivity contribution in [3.05, 3.63) is 0 Å². The molecule has 18 heavy (non-hydrogen) atoms. The molecule has 0 saturated carbocycles. The number of unbranched alkanes of at least 4 members (excludes halogenated alkanes) is 1. The van der Waals surface area contributed by atoms with Gasteiger partial charge in [0.25, 0.3) is 0 Å². The van der Waals surface area contributed by atoms with Gasteiger partial charge in [0, 0.05) is 13.0 Å². The summed E-state index contributed by atoms with van der Waals surface area (Å²) in [4.78, 5) is 0. The topological polar surface area (TPSA) is 29.5 Å². The van der Waals surface area contributed by atoms with E-state index in [9.17, 15) is 5.11 Å². The van der Waals surface area contributed by atoms with Crippen LogP contribution in [0.1, 0.15) is 78.6 Å². The Kier molecular flexibility index (Phi) is 7.25. The van der Waals surface area contributed by atoms with E-state index in [0.717, 1.165) is 38.7 Å². The van der Waals surface area contributed by atoms with Crippen molar-refractivity contribution in [2.24, 2.45) is 5.92 Å². The van der Waals surface area contributed by atoms with Crippen LogP contribution in [-0.4, -0.2) is 23.4 Å². The van der Waals surface area contributed by atoms with E-state index in [1.807, 2.05) is 0 Å². The Hall–Kier alpha value is -0.0800. The lowest BCUT2D eigenvalue weighted by Crippen LogP contribution is -2.42. The minimum absolute atomic E-state index is 0.289. The van der Waals surface area contributed by atoms with Crippen molar-refractivity contribution in [1.29, 1.82) is 0 Å². The molecule has 0 aromatic rings. The number of hydrogen-bond acceptors (Lipinski definition) is 2. The van der Waals surface area contributed by atoms with Crippen LogP contribution in [0.2, 0.25) is 0 Å². The first kappa shape index (κ1) is 16.0. The predicted octanol–water partition coefficient (Wildman–Crippen LogP) is 4.30. The first-order valence-electron chi connectivity index (χ1n) is 7.97. The van der Waals surface area contributed by atoms with Crippen LogP contribution in [0.4, 0.5) is 0 Å². The molecular formula is C16H32O2. The first-order valence-corrected chi connectivity index (χ1v) is 7.97. The van der Waals surface area contributed by atoms with Crippen molar-refractivity contribution >= 4 is 0 Å². The molecule has 108 valence electrons. The van der Waals surface area contributed by atoms with Gasteiger partial charge >= 0.3 is 0 Å². The lowest BCUT2D eigenvalue weighted by molar-refractivity contribution is -0.115. The normalized spacial score (nSPS) is 30.3. The van der Waals surface area contributed by atoms with Gasteiger partial charge in [0.15, 0.2) is 0 Å². The Morgan fingerprint density at radius 1 is 1.28 bits per heavy atom. The molecular weight excluding hydrogens is 224 g/mol. The van der Waals surface area contributed by atoms with Crippen LogP contribution < -0.4 is 0 Å². The molecule has 2 heteroatoms. The maximum atomic E-state index is 10.8. The molecule has 1 heterocycles. The molecule has 1 N–H and O–H groups in total. The highest BCUT2D eigenvalue weighted by atomic mass is 16.5. The average molecular weight is 256 g/mol. The van der Waals surface area contributed by atoms with Crippen molar-refractivity contribution in [3.8, 4) is 0 Å². The molecule has 0 amide bonds. The van der Waals surface area contributed by atoms with Crippen molar-refractivity contribution < 1.29 is 9.84 Å². The van der Waals surface area contributed by atoms with Crippen LogP contribution in [-0.2, 0) is 4.74 Å². The van der Waals surface area contributed by atoms with Crippen LogP contribution in [0.15, 0.2) is 0 Å². The Morgan fingerprint density at radius 3 is 2.67 bits per heavy atom. The summed E-state index contributed by atoms with van der Waals surface area (Å²) in [6, 6.07) is 0. The van der Waals surface area contributed by atoms with Gasteiger partial charge in [-0.1, -0.05) is 52.9 Å². The van der Waals surface area contributed by atoms with Crippen molar-refractivity contribution in [3.63, 3.8) is 0 Å². The fourth-order valence-corrected chi connectivity index (χ4v) is 3.17. The van der Waals surface area contributed by atoms with E-state index < -0.39 is 5.60 Å². The summed E-state index contributed by atoms with van der Waals surface area (Å²) in [7, 11) is 0. The van der Waals surface area contributed by atoms with Crippen LogP contribution >= 0.6 is 0 Å². The highest BCUT2D eigenvalue weighted by Gasteiger charge is 2.36. The summed E-state index contributed by atoms with van der Waals surface area (Å²) >= 11 is 0. The molecule has 3 atom stereocenters. The number of ether oxygens (including phenoxy) is 1. The highest BCUT2D eigenvalue weighted by molar-refractivity contribution is 4.87. The van der Waals surface area contributed by atoms with Gasteiger partial charge in [0.2, 0.25) is 0 Å². The Balaban J connectivity index is 2.45. The first-order chi connectivity index (χ1) is 8.63. The summed E-state index contributed by atoms with van der Waals surface area (Å²) < 4.78 is 5.75. The molecule has 1 saturated heterocycles. The number of aliphatic hydroxyl groups is 1. The summed E-state index contributed by atoms with van der Waals surface area (Å²) in [5.41, 5.74) is -0.452. The fraction of sp³-hybridized carbons (Fsp3) is 1.00. The van der Waals surface area contributed by atoms with Crippen LogP contribution in [0.5, 0.6) is 0 Å². The van der Waals surface area contributed by atoms with Gasteiger partial charge in [0.1, 0.15) is 0 Å². The highest BCUT2D eigenvalue weighted by Crippen LogP contribution is 2.34. The third-order valence-corrected chi connectivity index (χ3v) is 4.35. The molecule has 0 spiro atoms.